The first kappa shape index (κ1) is 14.3. The Kier molecular flexibility index (Phi) is 3.91. The van der Waals surface area contributed by atoms with Crippen LogP contribution in [0, 0.1) is 0 Å². The van der Waals surface area contributed by atoms with E-state index < -0.39 is 0 Å². The average molecular weight is 297 g/mol. The van der Waals surface area contributed by atoms with Gasteiger partial charge in [0.2, 0.25) is 0 Å². The van der Waals surface area contributed by atoms with Gasteiger partial charge in [0.25, 0.3) is 5.91 Å². The van der Waals surface area contributed by atoms with Crippen LogP contribution in [0.3, 0.4) is 0 Å². The fourth-order valence-electron chi connectivity index (χ4n) is 2.01. The zero-order chi connectivity index (χ0) is 15.5. The normalized spacial score (nSPS) is 13.5. The number of nitrogens with zero attached hydrogens (tertiary/aromatic N) is 3. The first-order valence-corrected chi connectivity index (χ1v) is 7.31. The number of hydrogen-bond acceptors (Lipinski definition) is 5. The van der Waals surface area contributed by atoms with Gasteiger partial charge in [0, 0.05) is 31.5 Å². The van der Waals surface area contributed by atoms with Crippen molar-refractivity contribution in [2.75, 3.05) is 29.6 Å². The number of benzene rings is 1. The Labute approximate surface area is 129 Å². The molecular formula is C16H19N5O. The van der Waals surface area contributed by atoms with Crippen molar-refractivity contribution < 1.29 is 4.79 Å². The molecule has 1 aromatic carbocycles. The molecule has 6 heteroatoms. The lowest BCUT2D eigenvalue weighted by atomic mass is 10.2. The minimum Gasteiger partial charge on any atom is -0.378 e. The number of nitrogens with one attached hydrogen (secondary N) is 2. The predicted octanol–water partition coefficient (Wildman–Crippen LogP) is 2.37. The summed E-state index contributed by atoms with van der Waals surface area (Å²) in [6, 6.07) is 11.6. The monoisotopic (exact) mass is 297 g/mol. The third-order valence-corrected chi connectivity index (χ3v) is 3.47. The van der Waals surface area contributed by atoms with E-state index >= 15 is 0 Å². The molecule has 1 saturated carbocycles. The molecule has 1 aliphatic carbocycles. The number of amides is 1. The number of aromatic nitrogens is 2. The van der Waals surface area contributed by atoms with Crippen LogP contribution in [0.15, 0.2) is 36.4 Å². The van der Waals surface area contributed by atoms with Gasteiger partial charge in [-0.15, -0.1) is 10.2 Å². The van der Waals surface area contributed by atoms with Crippen LogP contribution in [-0.2, 0) is 0 Å². The van der Waals surface area contributed by atoms with Crippen molar-refractivity contribution in [3.05, 3.63) is 42.1 Å². The van der Waals surface area contributed by atoms with E-state index in [1.165, 1.54) is 12.8 Å². The number of carbonyl (C=O) groups is 1. The molecule has 2 N–H and O–H groups in total. The van der Waals surface area contributed by atoms with Gasteiger partial charge in [-0.3, -0.25) is 4.79 Å². The maximum atomic E-state index is 12.1. The van der Waals surface area contributed by atoms with Crippen molar-refractivity contribution in [1.29, 1.82) is 0 Å². The van der Waals surface area contributed by atoms with Crippen LogP contribution in [0.5, 0.6) is 0 Å². The van der Waals surface area contributed by atoms with Gasteiger partial charge in [-0.25, -0.2) is 0 Å². The molecule has 6 nitrogen and oxygen atoms in total. The molecule has 0 bridgehead atoms. The summed E-state index contributed by atoms with van der Waals surface area (Å²) in [4.78, 5) is 14.1. The molecule has 2 aromatic rings. The largest absolute Gasteiger partial charge is 0.378 e. The number of carbonyl (C=O) groups excluding carboxylic acids is 1. The Hall–Kier alpha value is -2.63. The Morgan fingerprint density at radius 1 is 1.09 bits per heavy atom. The highest BCUT2D eigenvalue weighted by atomic mass is 16.1. The van der Waals surface area contributed by atoms with Crippen LogP contribution >= 0.6 is 0 Å². The second-order valence-corrected chi connectivity index (χ2v) is 5.62. The molecule has 0 radical (unpaired) electrons. The van der Waals surface area contributed by atoms with Gasteiger partial charge < -0.3 is 15.5 Å². The standard InChI is InChI=1S/C16H19N5O/c1-21(2)13-7-5-12(6-8-13)18-16(22)14-9-10-15(20-19-14)17-11-3-4-11/h5-11H,3-4H2,1-2H3,(H,17,20)(H,18,22). The van der Waals surface area contributed by atoms with Crippen molar-refractivity contribution in [2.45, 2.75) is 18.9 Å². The molecular weight excluding hydrogens is 278 g/mol. The molecule has 0 spiro atoms. The van der Waals surface area contributed by atoms with Crippen molar-refractivity contribution in [3.8, 4) is 0 Å². The molecule has 22 heavy (non-hydrogen) atoms. The second kappa shape index (κ2) is 6.01. The summed E-state index contributed by atoms with van der Waals surface area (Å²) < 4.78 is 0. The molecule has 0 atom stereocenters. The summed E-state index contributed by atoms with van der Waals surface area (Å²) in [5.74, 6) is 0.456. The van der Waals surface area contributed by atoms with Crippen molar-refractivity contribution in [1.82, 2.24) is 10.2 Å². The van der Waals surface area contributed by atoms with Crippen LogP contribution in [0.25, 0.3) is 0 Å². The maximum absolute atomic E-state index is 12.1. The molecule has 1 amide bonds. The maximum Gasteiger partial charge on any atom is 0.276 e. The summed E-state index contributed by atoms with van der Waals surface area (Å²) in [6.45, 7) is 0. The molecule has 0 saturated heterocycles. The fourth-order valence-corrected chi connectivity index (χ4v) is 2.01. The number of anilines is 3. The van der Waals surface area contributed by atoms with Gasteiger partial charge in [0.1, 0.15) is 5.82 Å². The Morgan fingerprint density at radius 2 is 1.82 bits per heavy atom. The Balaban J connectivity index is 1.62. The third kappa shape index (κ3) is 3.52. The van der Waals surface area contributed by atoms with Gasteiger partial charge in [-0.1, -0.05) is 0 Å². The molecule has 0 unspecified atom stereocenters. The summed E-state index contributed by atoms with van der Waals surface area (Å²) in [7, 11) is 3.95. The van der Waals surface area contributed by atoms with E-state index in [4.69, 9.17) is 0 Å². The first-order valence-electron chi connectivity index (χ1n) is 7.31. The molecule has 1 fully saturated rings. The smallest absolute Gasteiger partial charge is 0.276 e. The minimum absolute atomic E-state index is 0.261. The van der Waals surface area contributed by atoms with E-state index in [1.807, 2.05) is 43.3 Å². The lowest BCUT2D eigenvalue weighted by Gasteiger charge is -2.13. The lowest BCUT2D eigenvalue weighted by molar-refractivity contribution is 0.102. The highest BCUT2D eigenvalue weighted by Gasteiger charge is 2.21. The molecule has 0 aliphatic heterocycles. The lowest BCUT2D eigenvalue weighted by Crippen LogP contribution is -2.15. The van der Waals surface area contributed by atoms with Crippen LogP contribution in [0.1, 0.15) is 23.3 Å². The molecule has 114 valence electrons. The van der Waals surface area contributed by atoms with Gasteiger partial charge in [-0.2, -0.15) is 0 Å². The van der Waals surface area contributed by atoms with E-state index in [2.05, 4.69) is 20.8 Å². The molecule has 1 aromatic heterocycles. The summed E-state index contributed by atoms with van der Waals surface area (Å²) in [6.07, 6.45) is 2.35. The van der Waals surface area contributed by atoms with E-state index in [9.17, 15) is 4.79 Å². The predicted molar refractivity (Wildman–Crippen MR) is 87.4 cm³/mol. The summed E-state index contributed by atoms with van der Waals surface area (Å²) in [5, 5.41) is 14.1. The van der Waals surface area contributed by atoms with Gasteiger partial charge in [0.15, 0.2) is 5.69 Å². The average Bonchev–Trinajstić information content (AvgIpc) is 3.32. The van der Waals surface area contributed by atoms with Crippen LogP contribution in [-0.4, -0.2) is 36.2 Å². The SMILES string of the molecule is CN(C)c1ccc(NC(=O)c2ccc(NC3CC3)nn2)cc1. The highest BCUT2D eigenvalue weighted by Crippen LogP contribution is 2.23. The zero-order valence-electron chi connectivity index (χ0n) is 12.7. The van der Waals surface area contributed by atoms with Crippen LogP contribution < -0.4 is 15.5 Å². The van der Waals surface area contributed by atoms with E-state index in [1.54, 1.807) is 12.1 Å². The molecule has 1 heterocycles. The second-order valence-electron chi connectivity index (χ2n) is 5.62. The van der Waals surface area contributed by atoms with Gasteiger partial charge >= 0.3 is 0 Å². The van der Waals surface area contributed by atoms with Crippen LogP contribution in [0.2, 0.25) is 0 Å². The van der Waals surface area contributed by atoms with Crippen molar-refractivity contribution in [3.63, 3.8) is 0 Å². The van der Waals surface area contributed by atoms with E-state index in [-0.39, 0.29) is 5.91 Å². The molecule has 1 aliphatic rings. The highest BCUT2D eigenvalue weighted by molar-refractivity contribution is 6.02. The zero-order valence-corrected chi connectivity index (χ0v) is 12.7. The first-order chi connectivity index (χ1) is 10.6. The quantitative estimate of drug-likeness (QED) is 0.886. The number of hydrogen-bond donors (Lipinski definition) is 2. The topological polar surface area (TPSA) is 70.2 Å². The van der Waals surface area contributed by atoms with E-state index in [0.717, 1.165) is 17.2 Å². The molecule has 3 rings (SSSR count). The Morgan fingerprint density at radius 3 is 2.36 bits per heavy atom. The third-order valence-electron chi connectivity index (χ3n) is 3.47. The van der Waals surface area contributed by atoms with Crippen LogP contribution in [0.4, 0.5) is 17.2 Å². The minimum atomic E-state index is -0.261. The fraction of sp³-hybridized carbons (Fsp3) is 0.312. The Bertz CT molecular complexity index is 647. The van der Waals surface area contributed by atoms with Crippen molar-refractivity contribution in [2.24, 2.45) is 0 Å². The summed E-state index contributed by atoms with van der Waals surface area (Å²) in [5.41, 5.74) is 2.11. The number of rotatable bonds is 5. The van der Waals surface area contributed by atoms with Crippen molar-refractivity contribution >= 4 is 23.1 Å². The van der Waals surface area contributed by atoms with E-state index in [0.29, 0.717) is 11.7 Å². The van der Waals surface area contributed by atoms with Gasteiger partial charge in [-0.05, 0) is 49.2 Å². The summed E-state index contributed by atoms with van der Waals surface area (Å²) >= 11 is 0. The van der Waals surface area contributed by atoms with Gasteiger partial charge in [0.05, 0.1) is 0 Å².